The fourth-order valence-corrected chi connectivity index (χ4v) is 4.10. The van der Waals surface area contributed by atoms with Crippen molar-refractivity contribution in [2.45, 2.75) is 6.92 Å². The Kier molecular flexibility index (Phi) is 3.69. The molecule has 1 N–H and O–H groups in total. The van der Waals surface area contributed by atoms with E-state index in [1.807, 2.05) is 49.6 Å². The van der Waals surface area contributed by atoms with Crippen LogP contribution >= 0.6 is 0 Å². The molecule has 2 aromatic heterocycles. The van der Waals surface area contributed by atoms with Crippen LogP contribution in [0.3, 0.4) is 0 Å². The summed E-state index contributed by atoms with van der Waals surface area (Å²) >= 11 is 0. The quantitative estimate of drug-likeness (QED) is 0.431. The number of pyridine rings is 1. The summed E-state index contributed by atoms with van der Waals surface area (Å²) in [6, 6.07) is 24.6. The standard InChI is InChI=1S/C25H20N2O/c1-16-12-13-18-20(15-26-21(18)14-16)24-23(17-8-4-3-5-9-17)19-10-6-7-11-22(19)27(2)25(24)28/h3-15,26H,1-2H3. The molecule has 0 aliphatic heterocycles. The number of aromatic nitrogens is 2. The van der Waals surface area contributed by atoms with Gasteiger partial charge in [-0.3, -0.25) is 4.79 Å². The Hall–Kier alpha value is -3.59. The number of H-pyrrole nitrogens is 1. The van der Waals surface area contributed by atoms with Crippen LogP contribution in [-0.2, 0) is 7.05 Å². The van der Waals surface area contributed by atoms with Gasteiger partial charge in [0.1, 0.15) is 0 Å². The van der Waals surface area contributed by atoms with Crippen molar-refractivity contribution in [2.75, 3.05) is 0 Å². The Labute approximate surface area is 162 Å². The number of hydrogen-bond acceptors (Lipinski definition) is 1. The van der Waals surface area contributed by atoms with E-state index in [-0.39, 0.29) is 5.56 Å². The Morgan fingerprint density at radius 3 is 2.39 bits per heavy atom. The van der Waals surface area contributed by atoms with Crippen molar-refractivity contribution < 1.29 is 0 Å². The average molecular weight is 364 g/mol. The highest BCUT2D eigenvalue weighted by Crippen LogP contribution is 2.38. The van der Waals surface area contributed by atoms with Gasteiger partial charge in [0, 0.05) is 40.7 Å². The number of benzene rings is 3. The average Bonchev–Trinajstić information content (AvgIpc) is 3.13. The van der Waals surface area contributed by atoms with Gasteiger partial charge in [-0.05, 0) is 30.2 Å². The first kappa shape index (κ1) is 16.6. The van der Waals surface area contributed by atoms with Crippen molar-refractivity contribution >= 4 is 21.8 Å². The Bertz CT molecular complexity index is 1390. The topological polar surface area (TPSA) is 37.8 Å². The molecule has 2 heterocycles. The van der Waals surface area contributed by atoms with Crippen molar-refractivity contribution in [1.29, 1.82) is 0 Å². The van der Waals surface area contributed by atoms with Crippen LogP contribution in [0.2, 0.25) is 0 Å². The number of nitrogens with zero attached hydrogens (tertiary/aromatic N) is 1. The molecule has 0 bridgehead atoms. The molecule has 3 aromatic carbocycles. The van der Waals surface area contributed by atoms with Gasteiger partial charge in [0.15, 0.2) is 0 Å². The third kappa shape index (κ3) is 2.40. The summed E-state index contributed by atoms with van der Waals surface area (Å²) in [5, 5.41) is 2.14. The van der Waals surface area contributed by atoms with E-state index < -0.39 is 0 Å². The molecule has 0 aliphatic rings. The monoisotopic (exact) mass is 364 g/mol. The first-order valence-electron chi connectivity index (χ1n) is 9.40. The lowest BCUT2D eigenvalue weighted by molar-refractivity contribution is 0.910. The van der Waals surface area contributed by atoms with Crippen molar-refractivity contribution in [1.82, 2.24) is 9.55 Å². The molecule has 0 spiro atoms. The van der Waals surface area contributed by atoms with Gasteiger partial charge >= 0.3 is 0 Å². The maximum Gasteiger partial charge on any atom is 0.259 e. The van der Waals surface area contributed by atoms with Gasteiger partial charge in [0.05, 0.1) is 11.1 Å². The molecule has 0 unspecified atom stereocenters. The molecule has 0 amide bonds. The van der Waals surface area contributed by atoms with Crippen molar-refractivity contribution in [3.63, 3.8) is 0 Å². The number of rotatable bonds is 2. The van der Waals surface area contributed by atoms with Crippen molar-refractivity contribution in [3.8, 4) is 22.3 Å². The zero-order chi connectivity index (χ0) is 19.3. The van der Waals surface area contributed by atoms with Crippen LogP contribution in [0.4, 0.5) is 0 Å². The minimum atomic E-state index is 0.0130. The maximum absolute atomic E-state index is 13.5. The molecule has 136 valence electrons. The number of para-hydroxylation sites is 1. The van der Waals surface area contributed by atoms with Crippen LogP contribution in [0.15, 0.2) is 83.8 Å². The molecular weight excluding hydrogens is 344 g/mol. The number of fused-ring (bicyclic) bond motifs is 2. The summed E-state index contributed by atoms with van der Waals surface area (Å²) in [7, 11) is 1.85. The molecule has 0 saturated carbocycles. The zero-order valence-electron chi connectivity index (χ0n) is 15.9. The molecule has 3 nitrogen and oxygen atoms in total. The fourth-order valence-electron chi connectivity index (χ4n) is 4.10. The van der Waals surface area contributed by atoms with E-state index in [9.17, 15) is 4.79 Å². The predicted molar refractivity (Wildman–Crippen MR) is 117 cm³/mol. The molecule has 0 fully saturated rings. The zero-order valence-corrected chi connectivity index (χ0v) is 15.9. The largest absolute Gasteiger partial charge is 0.361 e. The van der Waals surface area contributed by atoms with E-state index in [1.54, 1.807) is 4.57 Å². The van der Waals surface area contributed by atoms with Crippen LogP contribution in [0.25, 0.3) is 44.1 Å². The Morgan fingerprint density at radius 2 is 1.57 bits per heavy atom. The summed E-state index contributed by atoms with van der Waals surface area (Å²) in [5.74, 6) is 0. The summed E-state index contributed by atoms with van der Waals surface area (Å²) in [6.07, 6.45) is 1.96. The molecule has 0 aliphatic carbocycles. The molecule has 0 radical (unpaired) electrons. The fraction of sp³-hybridized carbons (Fsp3) is 0.0800. The van der Waals surface area contributed by atoms with Gasteiger partial charge < -0.3 is 9.55 Å². The van der Waals surface area contributed by atoms with E-state index >= 15 is 0 Å². The maximum atomic E-state index is 13.5. The summed E-state index contributed by atoms with van der Waals surface area (Å²) in [6.45, 7) is 2.07. The summed E-state index contributed by atoms with van der Waals surface area (Å²) < 4.78 is 1.75. The molecule has 0 atom stereocenters. The number of aryl methyl sites for hydroxylation is 2. The summed E-state index contributed by atoms with van der Waals surface area (Å²) in [5.41, 5.74) is 6.90. The number of hydrogen-bond donors (Lipinski definition) is 1. The van der Waals surface area contributed by atoms with Gasteiger partial charge in [-0.25, -0.2) is 0 Å². The van der Waals surface area contributed by atoms with E-state index in [1.165, 1.54) is 5.56 Å². The first-order chi connectivity index (χ1) is 13.6. The lowest BCUT2D eigenvalue weighted by Crippen LogP contribution is -2.20. The highest BCUT2D eigenvalue weighted by Gasteiger charge is 2.20. The van der Waals surface area contributed by atoms with Crippen LogP contribution in [0, 0.1) is 6.92 Å². The molecule has 0 saturated heterocycles. The molecule has 5 aromatic rings. The third-order valence-corrected chi connectivity index (χ3v) is 5.47. The van der Waals surface area contributed by atoms with Crippen LogP contribution < -0.4 is 5.56 Å². The third-order valence-electron chi connectivity index (χ3n) is 5.47. The minimum absolute atomic E-state index is 0.0130. The van der Waals surface area contributed by atoms with Gasteiger partial charge in [0.2, 0.25) is 0 Å². The summed E-state index contributed by atoms with van der Waals surface area (Å²) in [4.78, 5) is 16.9. The second-order valence-corrected chi connectivity index (χ2v) is 7.25. The second-order valence-electron chi connectivity index (χ2n) is 7.25. The van der Waals surface area contributed by atoms with Gasteiger partial charge in [-0.15, -0.1) is 0 Å². The Morgan fingerprint density at radius 1 is 0.821 bits per heavy atom. The second kappa shape index (κ2) is 6.24. The molecule has 5 rings (SSSR count). The van der Waals surface area contributed by atoms with E-state index in [0.717, 1.165) is 44.1 Å². The number of aromatic amines is 1. The molecule has 3 heteroatoms. The highest BCUT2D eigenvalue weighted by molar-refractivity contribution is 6.07. The lowest BCUT2D eigenvalue weighted by atomic mass is 9.91. The van der Waals surface area contributed by atoms with E-state index in [0.29, 0.717) is 0 Å². The van der Waals surface area contributed by atoms with E-state index in [4.69, 9.17) is 0 Å². The van der Waals surface area contributed by atoms with Gasteiger partial charge in [-0.1, -0.05) is 60.7 Å². The van der Waals surface area contributed by atoms with Gasteiger partial charge in [0.25, 0.3) is 5.56 Å². The highest BCUT2D eigenvalue weighted by atomic mass is 16.1. The molecule has 28 heavy (non-hydrogen) atoms. The van der Waals surface area contributed by atoms with Crippen LogP contribution in [0.1, 0.15) is 5.56 Å². The van der Waals surface area contributed by atoms with Crippen LogP contribution in [-0.4, -0.2) is 9.55 Å². The first-order valence-corrected chi connectivity index (χ1v) is 9.40. The van der Waals surface area contributed by atoms with Crippen LogP contribution in [0.5, 0.6) is 0 Å². The van der Waals surface area contributed by atoms with Crippen molar-refractivity contribution in [2.24, 2.45) is 7.05 Å². The molecular formula is C25H20N2O. The minimum Gasteiger partial charge on any atom is -0.361 e. The SMILES string of the molecule is Cc1ccc2c(-c3c(-c4ccccc4)c4ccccc4n(C)c3=O)c[nH]c2c1. The van der Waals surface area contributed by atoms with Crippen molar-refractivity contribution in [3.05, 3.63) is 94.9 Å². The van der Waals surface area contributed by atoms with Gasteiger partial charge in [-0.2, -0.15) is 0 Å². The smallest absolute Gasteiger partial charge is 0.259 e. The normalized spacial score (nSPS) is 11.4. The predicted octanol–water partition coefficient (Wildman–Crippen LogP) is 5.66. The lowest BCUT2D eigenvalue weighted by Gasteiger charge is -2.16. The Balaban J connectivity index is 1.98. The van der Waals surface area contributed by atoms with E-state index in [2.05, 4.69) is 48.3 Å². The number of nitrogens with one attached hydrogen (secondary N) is 1.